The first-order valence-corrected chi connectivity index (χ1v) is 34.7. The maximum Gasteiger partial charge on any atom is 0.220 e. The number of aliphatic hydroxyl groups excluding tert-OH is 1. The van der Waals surface area contributed by atoms with Crippen molar-refractivity contribution in [3.05, 3.63) is 12.2 Å². The van der Waals surface area contributed by atoms with Gasteiger partial charge in [0.05, 0.1) is 6.10 Å². The van der Waals surface area contributed by atoms with Crippen LogP contribution < -0.4 is 5.32 Å². The van der Waals surface area contributed by atoms with Crippen molar-refractivity contribution in [3.8, 4) is 0 Å². The van der Waals surface area contributed by atoms with Gasteiger partial charge in [0.25, 0.3) is 0 Å². The normalized spacial score (nSPS) is 12.1. The highest BCUT2D eigenvalue weighted by atomic mass is 16.3. The lowest BCUT2D eigenvalue weighted by molar-refractivity contribution is -0.121. The molecule has 4 nitrogen and oxygen atoms in total. The van der Waals surface area contributed by atoms with Gasteiger partial charge in [0.15, 0.2) is 0 Å². The standard InChI is InChI=1S/C70H137NO3/c1-3-5-7-9-11-13-15-17-19-20-30-33-36-40-43-47-51-55-59-63-68(72)64-60-56-52-48-44-41-37-34-31-28-26-24-22-21-23-25-27-29-32-35-38-42-46-50-54-58-62-66-70(74)71-67-69(73)65-61-57-53-49-45-39-18-16-14-12-10-8-6-4-2/h17,19,69,73H,3-16,18,20-67H2,1-2H3,(H,71,74)/b19-17-/t69-/m1/s1. The molecule has 0 fully saturated rings. The third-order valence-corrected chi connectivity index (χ3v) is 16.5. The van der Waals surface area contributed by atoms with Crippen molar-refractivity contribution in [2.75, 3.05) is 6.54 Å². The average Bonchev–Trinajstić information content (AvgIpc) is 3.40. The van der Waals surface area contributed by atoms with Crippen molar-refractivity contribution >= 4 is 11.7 Å². The topological polar surface area (TPSA) is 66.4 Å². The summed E-state index contributed by atoms with van der Waals surface area (Å²) in [6.07, 6.45) is 86.2. The lowest BCUT2D eigenvalue weighted by atomic mass is 10.0. The molecule has 0 bridgehead atoms. The van der Waals surface area contributed by atoms with Gasteiger partial charge >= 0.3 is 0 Å². The summed E-state index contributed by atoms with van der Waals surface area (Å²) in [5.74, 6) is 0.638. The van der Waals surface area contributed by atoms with Gasteiger partial charge in [-0.2, -0.15) is 0 Å². The van der Waals surface area contributed by atoms with Crippen molar-refractivity contribution < 1.29 is 14.7 Å². The fourth-order valence-corrected chi connectivity index (χ4v) is 11.2. The van der Waals surface area contributed by atoms with Gasteiger partial charge in [0.1, 0.15) is 5.78 Å². The first-order valence-electron chi connectivity index (χ1n) is 34.7. The van der Waals surface area contributed by atoms with Crippen LogP contribution in [0.4, 0.5) is 0 Å². The van der Waals surface area contributed by atoms with E-state index in [4.69, 9.17) is 0 Å². The number of ketones is 1. The minimum Gasteiger partial charge on any atom is -0.391 e. The zero-order valence-electron chi connectivity index (χ0n) is 51.0. The Morgan fingerprint density at radius 3 is 0.784 bits per heavy atom. The zero-order chi connectivity index (χ0) is 53.4. The Labute approximate surface area is 466 Å². The first kappa shape index (κ1) is 72.8. The molecule has 440 valence electrons. The molecule has 0 aromatic heterocycles. The van der Waals surface area contributed by atoms with E-state index in [1.807, 2.05) is 0 Å². The summed E-state index contributed by atoms with van der Waals surface area (Å²) in [4.78, 5) is 24.6. The van der Waals surface area contributed by atoms with Crippen LogP contribution >= 0.6 is 0 Å². The number of rotatable bonds is 66. The molecule has 0 unspecified atom stereocenters. The fourth-order valence-electron chi connectivity index (χ4n) is 11.2. The number of Topliss-reactive ketones (excluding diaryl/α,β-unsaturated/α-hetero) is 1. The highest BCUT2D eigenvalue weighted by molar-refractivity contribution is 5.78. The highest BCUT2D eigenvalue weighted by Crippen LogP contribution is 2.19. The molecule has 0 saturated heterocycles. The fraction of sp³-hybridized carbons (Fsp3) is 0.943. The van der Waals surface area contributed by atoms with Crippen molar-refractivity contribution in [1.29, 1.82) is 0 Å². The second-order valence-corrected chi connectivity index (χ2v) is 24.2. The summed E-state index contributed by atoms with van der Waals surface area (Å²) < 4.78 is 0. The summed E-state index contributed by atoms with van der Waals surface area (Å²) >= 11 is 0. The summed E-state index contributed by atoms with van der Waals surface area (Å²) in [5.41, 5.74) is 0. The van der Waals surface area contributed by atoms with Gasteiger partial charge in [0.2, 0.25) is 5.91 Å². The van der Waals surface area contributed by atoms with Crippen LogP contribution in [-0.4, -0.2) is 29.4 Å². The predicted octanol–water partition coefficient (Wildman–Crippen LogP) is 23.8. The molecule has 2 N–H and O–H groups in total. The number of carbonyl (C=O) groups excluding carboxylic acids is 2. The maximum absolute atomic E-state index is 12.3. The van der Waals surface area contributed by atoms with Crippen LogP contribution in [0.2, 0.25) is 0 Å². The van der Waals surface area contributed by atoms with Gasteiger partial charge in [-0.15, -0.1) is 0 Å². The third-order valence-electron chi connectivity index (χ3n) is 16.5. The van der Waals surface area contributed by atoms with E-state index in [2.05, 4.69) is 31.3 Å². The quantitative estimate of drug-likeness (QED) is 0.0471. The second kappa shape index (κ2) is 66.1. The largest absolute Gasteiger partial charge is 0.391 e. The molecule has 0 saturated carbocycles. The Balaban J connectivity index is 3.23. The summed E-state index contributed by atoms with van der Waals surface area (Å²) in [6.45, 7) is 5.00. The molecule has 0 aliphatic carbocycles. The van der Waals surface area contributed by atoms with Crippen molar-refractivity contribution in [1.82, 2.24) is 5.32 Å². The minimum atomic E-state index is -0.391. The van der Waals surface area contributed by atoms with Crippen LogP contribution in [0.1, 0.15) is 412 Å². The Hall–Kier alpha value is -1.16. The summed E-state index contributed by atoms with van der Waals surface area (Å²) in [7, 11) is 0. The molecular formula is C70H137NO3. The lowest BCUT2D eigenvalue weighted by Crippen LogP contribution is -2.31. The number of allylic oxidation sites excluding steroid dienone is 2. The molecule has 0 heterocycles. The number of aliphatic hydroxyl groups is 1. The van der Waals surface area contributed by atoms with Gasteiger partial charge < -0.3 is 10.4 Å². The van der Waals surface area contributed by atoms with E-state index in [0.717, 1.165) is 51.4 Å². The zero-order valence-corrected chi connectivity index (χ0v) is 51.0. The molecule has 0 rings (SSSR count). The highest BCUT2D eigenvalue weighted by Gasteiger charge is 2.08. The number of nitrogens with one attached hydrogen (secondary N) is 1. The van der Waals surface area contributed by atoms with E-state index >= 15 is 0 Å². The Morgan fingerprint density at radius 2 is 0.514 bits per heavy atom. The molecule has 0 aromatic rings. The van der Waals surface area contributed by atoms with Crippen LogP contribution in [-0.2, 0) is 9.59 Å². The van der Waals surface area contributed by atoms with Crippen LogP contribution in [0, 0.1) is 0 Å². The van der Waals surface area contributed by atoms with Crippen molar-refractivity contribution in [3.63, 3.8) is 0 Å². The average molecular weight is 1040 g/mol. The first-order chi connectivity index (χ1) is 36.6. The van der Waals surface area contributed by atoms with Crippen molar-refractivity contribution in [2.45, 2.75) is 418 Å². The van der Waals surface area contributed by atoms with E-state index < -0.39 is 6.10 Å². The molecule has 0 aliphatic heterocycles. The van der Waals surface area contributed by atoms with Crippen LogP contribution in [0.15, 0.2) is 12.2 Å². The molecule has 1 amide bonds. The number of hydrogen-bond acceptors (Lipinski definition) is 3. The Kier molecular flexibility index (Phi) is 65.1. The minimum absolute atomic E-state index is 0.117. The van der Waals surface area contributed by atoms with E-state index in [1.54, 1.807) is 0 Å². The molecule has 0 radical (unpaired) electrons. The number of carbonyl (C=O) groups is 2. The van der Waals surface area contributed by atoms with Gasteiger partial charge in [-0.1, -0.05) is 353 Å². The van der Waals surface area contributed by atoms with Crippen LogP contribution in [0.5, 0.6) is 0 Å². The van der Waals surface area contributed by atoms with Gasteiger partial charge in [0, 0.05) is 25.8 Å². The lowest BCUT2D eigenvalue weighted by Gasteiger charge is -2.12. The molecule has 1 atom stereocenters. The predicted molar refractivity (Wildman–Crippen MR) is 331 cm³/mol. The van der Waals surface area contributed by atoms with Crippen LogP contribution in [0.3, 0.4) is 0 Å². The van der Waals surface area contributed by atoms with Gasteiger partial charge in [-0.3, -0.25) is 9.59 Å². The third kappa shape index (κ3) is 65.1. The number of amides is 1. The van der Waals surface area contributed by atoms with Crippen molar-refractivity contribution in [2.24, 2.45) is 0 Å². The monoisotopic (exact) mass is 1040 g/mol. The molecule has 0 spiro atoms. The summed E-state index contributed by atoms with van der Waals surface area (Å²) in [5, 5.41) is 13.3. The maximum atomic E-state index is 12.3. The molecule has 0 aromatic carbocycles. The Bertz CT molecular complexity index is 1090. The van der Waals surface area contributed by atoms with Crippen LogP contribution in [0.25, 0.3) is 0 Å². The molecule has 0 aliphatic rings. The SMILES string of the molecule is CCCCCCCC/C=C\CCCCCCCCCCCC(=O)CCCCCCCCCCCCCCCCCCCCCCCCCCCCCC(=O)NC[C@H](O)CCCCCCCCCCCCCCCC. The van der Waals surface area contributed by atoms with Gasteiger partial charge in [-0.05, 0) is 51.4 Å². The number of unbranched alkanes of at least 4 members (excludes halogenated alkanes) is 54. The second-order valence-electron chi connectivity index (χ2n) is 24.2. The smallest absolute Gasteiger partial charge is 0.220 e. The summed E-state index contributed by atoms with van der Waals surface area (Å²) in [6, 6.07) is 0. The molecular weight excluding hydrogens is 903 g/mol. The molecule has 74 heavy (non-hydrogen) atoms. The van der Waals surface area contributed by atoms with E-state index in [0.29, 0.717) is 18.7 Å². The van der Waals surface area contributed by atoms with E-state index in [9.17, 15) is 14.7 Å². The number of hydrogen-bond donors (Lipinski definition) is 2. The molecule has 4 heteroatoms. The Morgan fingerprint density at radius 1 is 0.297 bits per heavy atom. The van der Waals surface area contributed by atoms with Gasteiger partial charge in [-0.25, -0.2) is 0 Å². The van der Waals surface area contributed by atoms with E-state index in [1.165, 1.54) is 340 Å². The van der Waals surface area contributed by atoms with E-state index in [-0.39, 0.29) is 5.91 Å².